The topological polar surface area (TPSA) is 34.1 Å². The van der Waals surface area contributed by atoms with Crippen molar-refractivity contribution in [2.24, 2.45) is 5.92 Å². The second-order valence-corrected chi connectivity index (χ2v) is 5.96. The number of nitrogens with zero attached hydrogens (tertiary/aromatic N) is 1. The molecular weight excluding hydrogens is 220 g/mol. The minimum Gasteiger partial charge on any atom is -0.374 e. The number of aromatic nitrogens is 1. The highest BCUT2D eigenvalue weighted by Crippen LogP contribution is 2.43. The molecular formula is C12H18N2OS. The largest absolute Gasteiger partial charge is 0.374 e. The molecule has 88 valence electrons. The number of hydrogen-bond donors (Lipinski definition) is 1. The summed E-state index contributed by atoms with van der Waals surface area (Å²) in [5, 5.41) is 4.68. The fourth-order valence-electron chi connectivity index (χ4n) is 1.96. The van der Waals surface area contributed by atoms with Gasteiger partial charge in [-0.1, -0.05) is 0 Å². The predicted molar refractivity (Wildman–Crippen MR) is 64.4 cm³/mol. The molecule has 0 radical (unpaired) electrons. The second-order valence-electron chi connectivity index (χ2n) is 4.81. The standard InChI is InChI=1S/C12H18N2OS/c1-15-11(8-2-3-8)12-14-7-10(16-12)6-13-9-4-5-9/h7-9,11,13H,2-6H2,1H3. The molecule has 0 aliphatic heterocycles. The van der Waals surface area contributed by atoms with E-state index in [1.807, 2.05) is 6.20 Å². The molecule has 0 bridgehead atoms. The summed E-state index contributed by atoms with van der Waals surface area (Å²) in [7, 11) is 1.80. The molecule has 1 aromatic rings. The van der Waals surface area contributed by atoms with Gasteiger partial charge in [0.05, 0.1) is 0 Å². The van der Waals surface area contributed by atoms with Crippen molar-refractivity contribution in [2.75, 3.05) is 7.11 Å². The van der Waals surface area contributed by atoms with Crippen LogP contribution in [0.25, 0.3) is 0 Å². The molecule has 4 heteroatoms. The van der Waals surface area contributed by atoms with E-state index in [-0.39, 0.29) is 6.10 Å². The third-order valence-electron chi connectivity index (χ3n) is 3.26. The Morgan fingerprint density at radius 2 is 2.31 bits per heavy atom. The van der Waals surface area contributed by atoms with Crippen LogP contribution in [0.3, 0.4) is 0 Å². The Hall–Kier alpha value is -0.450. The number of rotatable bonds is 6. The van der Waals surface area contributed by atoms with E-state index in [2.05, 4.69) is 10.3 Å². The first kappa shape index (κ1) is 10.7. The molecule has 1 atom stereocenters. The van der Waals surface area contributed by atoms with Crippen molar-refractivity contribution < 1.29 is 4.74 Å². The van der Waals surface area contributed by atoms with Crippen LogP contribution in [0.1, 0.15) is 41.7 Å². The highest BCUT2D eigenvalue weighted by Gasteiger charge is 2.34. The summed E-state index contributed by atoms with van der Waals surface area (Å²) in [4.78, 5) is 5.84. The van der Waals surface area contributed by atoms with Gasteiger partial charge in [0.1, 0.15) is 11.1 Å². The Bertz CT molecular complexity index is 358. The van der Waals surface area contributed by atoms with Gasteiger partial charge in [-0.15, -0.1) is 11.3 Å². The molecule has 1 aromatic heterocycles. The molecule has 2 fully saturated rings. The minimum absolute atomic E-state index is 0.250. The smallest absolute Gasteiger partial charge is 0.122 e. The molecule has 1 unspecified atom stereocenters. The Morgan fingerprint density at radius 1 is 1.50 bits per heavy atom. The number of ether oxygens (including phenoxy) is 1. The average molecular weight is 238 g/mol. The van der Waals surface area contributed by atoms with Crippen molar-refractivity contribution in [1.82, 2.24) is 10.3 Å². The maximum absolute atomic E-state index is 5.54. The number of nitrogens with one attached hydrogen (secondary N) is 1. The molecule has 2 aliphatic rings. The normalized spacial score (nSPS) is 22.3. The Labute approximate surface area is 100 Å². The lowest BCUT2D eigenvalue weighted by atomic mass is 10.2. The van der Waals surface area contributed by atoms with Gasteiger partial charge in [0.15, 0.2) is 0 Å². The lowest BCUT2D eigenvalue weighted by molar-refractivity contribution is 0.0844. The Kier molecular flexibility index (Phi) is 2.96. The first-order valence-electron chi connectivity index (χ1n) is 6.07. The van der Waals surface area contributed by atoms with Crippen LogP contribution < -0.4 is 5.32 Å². The van der Waals surface area contributed by atoms with Gasteiger partial charge in [-0.3, -0.25) is 0 Å². The molecule has 0 spiro atoms. The van der Waals surface area contributed by atoms with Crippen molar-refractivity contribution in [3.8, 4) is 0 Å². The molecule has 3 rings (SSSR count). The van der Waals surface area contributed by atoms with Gasteiger partial charge in [0.25, 0.3) is 0 Å². The molecule has 3 nitrogen and oxygen atoms in total. The van der Waals surface area contributed by atoms with Crippen molar-refractivity contribution in [1.29, 1.82) is 0 Å². The summed E-state index contributed by atoms with van der Waals surface area (Å²) in [5.74, 6) is 0.723. The maximum atomic E-state index is 5.54. The van der Waals surface area contributed by atoms with Crippen LogP contribution in [0.5, 0.6) is 0 Å². The summed E-state index contributed by atoms with van der Waals surface area (Å²) in [6, 6.07) is 0.771. The van der Waals surface area contributed by atoms with Crippen LogP contribution in [-0.4, -0.2) is 18.1 Å². The van der Waals surface area contributed by atoms with Crippen LogP contribution in [0.15, 0.2) is 6.20 Å². The third kappa shape index (κ3) is 2.44. The fraction of sp³-hybridized carbons (Fsp3) is 0.750. The van der Waals surface area contributed by atoms with Crippen LogP contribution in [-0.2, 0) is 11.3 Å². The van der Waals surface area contributed by atoms with E-state index in [1.165, 1.54) is 30.6 Å². The van der Waals surface area contributed by atoms with Crippen LogP contribution in [0, 0.1) is 5.92 Å². The molecule has 1 N–H and O–H groups in total. The van der Waals surface area contributed by atoms with E-state index in [4.69, 9.17) is 4.74 Å². The summed E-state index contributed by atoms with van der Waals surface area (Å²) in [6.07, 6.45) is 7.54. The van der Waals surface area contributed by atoms with Gasteiger partial charge in [-0.2, -0.15) is 0 Å². The van der Waals surface area contributed by atoms with Crippen LogP contribution >= 0.6 is 11.3 Å². The molecule has 0 amide bonds. The third-order valence-corrected chi connectivity index (χ3v) is 4.32. The summed E-state index contributed by atoms with van der Waals surface area (Å²) in [5.41, 5.74) is 0. The Morgan fingerprint density at radius 3 is 2.94 bits per heavy atom. The van der Waals surface area contributed by atoms with E-state index in [0.29, 0.717) is 0 Å². The monoisotopic (exact) mass is 238 g/mol. The molecule has 2 aliphatic carbocycles. The zero-order valence-corrected chi connectivity index (χ0v) is 10.4. The second kappa shape index (κ2) is 4.43. The number of thiazole rings is 1. The van der Waals surface area contributed by atoms with Crippen molar-refractivity contribution in [2.45, 2.75) is 44.4 Å². The van der Waals surface area contributed by atoms with Crippen molar-refractivity contribution in [3.05, 3.63) is 16.1 Å². The van der Waals surface area contributed by atoms with E-state index in [0.717, 1.165) is 23.5 Å². The molecule has 0 saturated heterocycles. The quantitative estimate of drug-likeness (QED) is 0.827. The highest BCUT2D eigenvalue weighted by molar-refractivity contribution is 7.11. The zero-order valence-electron chi connectivity index (χ0n) is 9.61. The molecule has 1 heterocycles. The summed E-state index contributed by atoms with van der Waals surface area (Å²) >= 11 is 1.81. The van der Waals surface area contributed by atoms with Crippen LogP contribution in [0.4, 0.5) is 0 Å². The molecule has 16 heavy (non-hydrogen) atoms. The van der Waals surface area contributed by atoms with Gasteiger partial charge in [-0.25, -0.2) is 4.98 Å². The lowest BCUT2D eigenvalue weighted by Crippen LogP contribution is -2.14. The maximum Gasteiger partial charge on any atom is 0.122 e. The fourth-order valence-corrected chi connectivity index (χ4v) is 3.00. The van der Waals surface area contributed by atoms with Crippen molar-refractivity contribution in [3.63, 3.8) is 0 Å². The van der Waals surface area contributed by atoms with E-state index in [9.17, 15) is 0 Å². The van der Waals surface area contributed by atoms with Gasteiger partial charge in [-0.05, 0) is 31.6 Å². The molecule has 0 aromatic carbocycles. The van der Waals surface area contributed by atoms with Crippen LogP contribution in [0.2, 0.25) is 0 Å². The van der Waals surface area contributed by atoms with Gasteiger partial charge in [0.2, 0.25) is 0 Å². The predicted octanol–water partition coefficient (Wildman–Crippen LogP) is 2.49. The van der Waals surface area contributed by atoms with Crippen molar-refractivity contribution >= 4 is 11.3 Å². The highest BCUT2D eigenvalue weighted by atomic mass is 32.1. The van der Waals surface area contributed by atoms with Gasteiger partial charge >= 0.3 is 0 Å². The lowest BCUT2D eigenvalue weighted by Gasteiger charge is -2.10. The SMILES string of the molecule is COC(c1ncc(CNC2CC2)s1)C1CC1. The van der Waals surface area contributed by atoms with E-state index in [1.54, 1.807) is 18.4 Å². The number of hydrogen-bond acceptors (Lipinski definition) is 4. The van der Waals surface area contributed by atoms with E-state index >= 15 is 0 Å². The zero-order chi connectivity index (χ0) is 11.0. The van der Waals surface area contributed by atoms with Gasteiger partial charge < -0.3 is 10.1 Å². The first-order chi connectivity index (χ1) is 7.86. The summed E-state index contributed by atoms with van der Waals surface area (Å²) < 4.78 is 5.54. The Balaban J connectivity index is 1.60. The first-order valence-corrected chi connectivity index (χ1v) is 6.89. The average Bonchev–Trinajstić information content (AvgIpc) is 3.18. The molecule has 2 saturated carbocycles. The summed E-state index contributed by atoms with van der Waals surface area (Å²) in [6.45, 7) is 0.976. The number of methoxy groups -OCH3 is 1. The van der Waals surface area contributed by atoms with E-state index < -0.39 is 0 Å². The minimum atomic E-state index is 0.250. The van der Waals surface area contributed by atoms with Gasteiger partial charge in [0, 0.05) is 30.8 Å².